The number of benzene rings is 1. The van der Waals surface area contributed by atoms with Crippen molar-refractivity contribution in [1.29, 1.82) is 0 Å². The third kappa shape index (κ3) is 3.96. The van der Waals surface area contributed by atoms with Crippen molar-refractivity contribution in [3.8, 4) is 11.3 Å². The van der Waals surface area contributed by atoms with Crippen LogP contribution in [-0.2, 0) is 16.0 Å². The largest absolute Gasteiger partial charge is 0.390 e. The molecule has 3 N–H and O–H groups in total. The highest BCUT2D eigenvalue weighted by Gasteiger charge is 2.32. The number of aliphatic hydroxyl groups excluding tert-OH is 1. The van der Waals surface area contributed by atoms with Gasteiger partial charge >= 0.3 is 0 Å². The monoisotopic (exact) mass is 351 g/mol. The van der Waals surface area contributed by atoms with Gasteiger partial charge in [0, 0.05) is 36.7 Å². The fourth-order valence-corrected chi connectivity index (χ4v) is 3.05. The van der Waals surface area contributed by atoms with Crippen LogP contribution in [0.4, 0.5) is 0 Å². The zero-order valence-corrected chi connectivity index (χ0v) is 14.3. The lowest BCUT2D eigenvalue weighted by molar-refractivity contribution is -0.133. The van der Waals surface area contributed by atoms with Crippen molar-refractivity contribution in [3.63, 3.8) is 0 Å². The number of nitrogens with one attached hydrogen (secondary N) is 2. The van der Waals surface area contributed by atoms with Gasteiger partial charge in [-0.2, -0.15) is 5.10 Å². The predicted molar refractivity (Wildman–Crippen MR) is 91.9 cm³/mol. The van der Waals surface area contributed by atoms with E-state index in [0.717, 1.165) is 16.8 Å². The molecule has 130 valence electrons. The molecule has 0 spiro atoms. The van der Waals surface area contributed by atoms with Crippen molar-refractivity contribution in [1.82, 2.24) is 15.5 Å². The molecule has 1 aliphatic heterocycles. The highest BCUT2D eigenvalue weighted by atomic mass is 35.5. The molecule has 0 radical (unpaired) electrons. The van der Waals surface area contributed by atoms with Gasteiger partial charge in [-0.3, -0.25) is 5.10 Å². The Morgan fingerprint density at radius 3 is 2.92 bits per heavy atom. The van der Waals surface area contributed by atoms with Crippen LogP contribution in [0.2, 0.25) is 5.02 Å². The van der Waals surface area contributed by atoms with Gasteiger partial charge in [0.2, 0.25) is 0 Å². The molecular formula is C17H22ClN3O3. The molecular weight excluding hydrogens is 330 g/mol. The first kappa shape index (κ1) is 17.4. The third-order valence-corrected chi connectivity index (χ3v) is 4.61. The van der Waals surface area contributed by atoms with Crippen molar-refractivity contribution < 1.29 is 14.6 Å². The summed E-state index contributed by atoms with van der Waals surface area (Å²) < 4.78 is 10.7. The summed E-state index contributed by atoms with van der Waals surface area (Å²) in [7, 11) is 1.59. The van der Waals surface area contributed by atoms with E-state index in [0.29, 0.717) is 31.3 Å². The fraction of sp³-hybridized carbons (Fsp3) is 0.471. The number of H-pyrrole nitrogens is 1. The van der Waals surface area contributed by atoms with Crippen LogP contribution >= 0.6 is 11.6 Å². The average Bonchev–Trinajstić information content (AvgIpc) is 3.05. The summed E-state index contributed by atoms with van der Waals surface area (Å²) in [6.45, 7) is 2.27. The van der Waals surface area contributed by atoms with E-state index in [-0.39, 0.29) is 12.0 Å². The van der Waals surface area contributed by atoms with Crippen molar-refractivity contribution in [2.24, 2.45) is 5.92 Å². The number of nitrogens with zero attached hydrogens (tertiary/aromatic N) is 1. The van der Waals surface area contributed by atoms with Crippen molar-refractivity contribution >= 4 is 11.6 Å². The average molecular weight is 352 g/mol. The number of methoxy groups -OCH3 is 1. The Bertz CT molecular complexity index is 647. The number of aliphatic hydroxyl groups is 1. The molecule has 1 aliphatic rings. The lowest BCUT2D eigenvalue weighted by atomic mass is 9.96. The van der Waals surface area contributed by atoms with Crippen LogP contribution in [0.3, 0.4) is 0 Å². The summed E-state index contributed by atoms with van der Waals surface area (Å²) in [5, 5.41) is 21.5. The highest BCUT2D eigenvalue weighted by Crippen LogP contribution is 2.23. The Kier molecular flexibility index (Phi) is 5.86. The summed E-state index contributed by atoms with van der Waals surface area (Å²) in [4.78, 5) is 0. The molecule has 1 saturated heterocycles. The van der Waals surface area contributed by atoms with E-state index in [1.165, 1.54) is 0 Å². The Balaban J connectivity index is 1.58. The molecule has 3 rings (SSSR count). The maximum atomic E-state index is 10.3. The molecule has 0 bridgehead atoms. The maximum Gasteiger partial charge on any atom is 0.107 e. The lowest BCUT2D eigenvalue weighted by Crippen LogP contribution is -2.48. The normalized spacial score (nSPS) is 24.2. The Morgan fingerprint density at radius 1 is 1.38 bits per heavy atom. The molecule has 6 nitrogen and oxygen atoms in total. The van der Waals surface area contributed by atoms with Gasteiger partial charge in [0.05, 0.1) is 31.2 Å². The number of rotatable bonds is 6. The molecule has 0 unspecified atom stereocenters. The van der Waals surface area contributed by atoms with E-state index in [9.17, 15) is 5.11 Å². The van der Waals surface area contributed by atoms with Gasteiger partial charge in [0.25, 0.3) is 0 Å². The van der Waals surface area contributed by atoms with E-state index in [2.05, 4.69) is 15.5 Å². The van der Waals surface area contributed by atoms with E-state index >= 15 is 0 Å². The second kappa shape index (κ2) is 8.09. The molecule has 1 fully saturated rings. The van der Waals surface area contributed by atoms with E-state index in [4.69, 9.17) is 21.1 Å². The summed E-state index contributed by atoms with van der Waals surface area (Å²) in [5.74, 6) is 0.00887. The molecule has 24 heavy (non-hydrogen) atoms. The lowest BCUT2D eigenvalue weighted by Gasteiger charge is -2.33. The molecule has 3 atom stereocenters. The molecule has 0 amide bonds. The van der Waals surface area contributed by atoms with Crippen molar-refractivity contribution in [3.05, 3.63) is 41.0 Å². The second-order valence-electron chi connectivity index (χ2n) is 5.97. The topological polar surface area (TPSA) is 79.4 Å². The predicted octanol–water partition coefficient (Wildman–Crippen LogP) is 1.84. The number of ether oxygens (including phenoxy) is 2. The van der Waals surface area contributed by atoms with Gasteiger partial charge in [0.1, 0.15) is 6.10 Å². The van der Waals surface area contributed by atoms with Crippen LogP contribution in [0, 0.1) is 5.92 Å². The van der Waals surface area contributed by atoms with Crippen molar-refractivity contribution in [2.75, 3.05) is 26.9 Å². The Hall–Kier alpha value is -1.44. The Labute approximate surface area is 146 Å². The third-order valence-electron chi connectivity index (χ3n) is 4.35. The SMILES string of the molecule is CO[C@@H]1COC[C@@H](CNCc2cn[nH]c2-c2ccc(Cl)cc2)[C@@H]1O. The standard InChI is InChI=1S/C17H22ClN3O3/c1-23-15-10-24-9-13(17(15)22)7-19-6-12-8-20-21-16(12)11-2-4-14(18)5-3-11/h2-5,8,13,15,17,19,22H,6-7,9-10H2,1H3,(H,20,21)/t13-,15-,17+/m1/s1. The molecule has 1 aromatic heterocycles. The van der Waals surface area contributed by atoms with Gasteiger partial charge in [-0.25, -0.2) is 0 Å². The number of aromatic nitrogens is 2. The first-order valence-electron chi connectivity index (χ1n) is 7.96. The molecule has 7 heteroatoms. The summed E-state index contributed by atoms with van der Waals surface area (Å²) >= 11 is 5.94. The highest BCUT2D eigenvalue weighted by molar-refractivity contribution is 6.30. The zero-order chi connectivity index (χ0) is 16.9. The number of hydrogen-bond donors (Lipinski definition) is 3. The summed E-state index contributed by atoms with van der Waals surface area (Å²) in [6, 6.07) is 7.63. The number of hydrogen-bond acceptors (Lipinski definition) is 5. The first-order chi connectivity index (χ1) is 11.7. The van der Waals surface area contributed by atoms with E-state index in [1.54, 1.807) is 7.11 Å². The summed E-state index contributed by atoms with van der Waals surface area (Å²) in [6.07, 6.45) is 1.03. The van der Waals surface area contributed by atoms with Gasteiger partial charge in [-0.1, -0.05) is 23.7 Å². The fourth-order valence-electron chi connectivity index (χ4n) is 2.93. The van der Waals surface area contributed by atoms with Crippen LogP contribution in [0.15, 0.2) is 30.5 Å². The van der Waals surface area contributed by atoms with Crippen LogP contribution in [0.5, 0.6) is 0 Å². The molecule has 0 saturated carbocycles. The van der Waals surface area contributed by atoms with Gasteiger partial charge < -0.3 is 19.9 Å². The zero-order valence-electron chi connectivity index (χ0n) is 13.5. The molecule has 2 heterocycles. The number of halogens is 1. The minimum atomic E-state index is -0.517. The van der Waals surface area contributed by atoms with Gasteiger partial charge in [-0.15, -0.1) is 0 Å². The summed E-state index contributed by atoms with van der Waals surface area (Å²) in [5.41, 5.74) is 3.07. The van der Waals surface area contributed by atoms with Crippen molar-refractivity contribution in [2.45, 2.75) is 18.8 Å². The van der Waals surface area contributed by atoms with E-state index in [1.807, 2.05) is 30.5 Å². The minimum Gasteiger partial charge on any atom is -0.390 e. The minimum absolute atomic E-state index is 0.00887. The van der Waals surface area contributed by atoms with Crippen LogP contribution in [0.25, 0.3) is 11.3 Å². The maximum absolute atomic E-state index is 10.3. The van der Waals surface area contributed by atoms with Crippen LogP contribution in [-0.4, -0.2) is 54.4 Å². The smallest absolute Gasteiger partial charge is 0.107 e. The van der Waals surface area contributed by atoms with Crippen LogP contribution < -0.4 is 5.32 Å². The Morgan fingerprint density at radius 2 is 2.17 bits per heavy atom. The van der Waals surface area contributed by atoms with Gasteiger partial charge in [-0.05, 0) is 17.7 Å². The molecule has 0 aliphatic carbocycles. The first-order valence-corrected chi connectivity index (χ1v) is 8.34. The second-order valence-corrected chi connectivity index (χ2v) is 6.41. The molecule has 1 aromatic carbocycles. The quantitative estimate of drug-likeness (QED) is 0.740. The van der Waals surface area contributed by atoms with Gasteiger partial charge in [0.15, 0.2) is 0 Å². The van der Waals surface area contributed by atoms with E-state index < -0.39 is 6.10 Å². The number of aromatic amines is 1. The molecule has 2 aromatic rings. The van der Waals surface area contributed by atoms with Crippen LogP contribution in [0.1, 0.15) is 5.56 Å².